The number of rotatable bonds is 5. The Labute approximate surface area is 147 Å². The maximum Gasteiger partial charge on any atom is 0.347 e. The van der Waals surface area contributed by atoms with Crippen LogP contribution in [0.5, 0.6) is 11.5 Å². The molecule has 3 N–H and O–H groups in total. The van der Waals surface area contributed by atoms with Crippen molar-refractivity contribution < 1.29 is 42.3 Å². The third kappa shape index (κ3) is 4.05. The smallest absolute Gasteiger partial charge is 0.347 e. The Balaban J connectivity index is 2.45. The Kier molecular flexibility index (Phi) is 5.10. The van der Waals surface area contributed by atoms with E-state index in [1.807, 2.05) is 0 Å². The lowest BCUT2D eigenvalue weighted by Gasteiger charge is -2.10. The maximum absolute atomic E-state index is 12.2. The molecule has 0 unspecified atom stereocenters. The zero-order valence-corrected chi connectivity index (χ0v) is 14.0. The Morgan fingerprint density at radius 3 is 2.19 bits per heavy atom. The van der Waals surface area contributed by atoms with E-state index in [1.165, 1.54) is 13.0 Å². The minimum atomic E-state index is -4.66. The molecule has 2 rings (SSSR count). The predicted molar refractivity (Wildman–Crippen MR) is 86.3 cm³/mol. The van der Waals surface area contributed by atoms with Crippen LogP contribution in [-0.4, -0.2) is 40.9 Å². The highest BCUT2D eigenvalue weighted by Crippen LogP contribution is 2.26. The fourth-order valence-corrected chi connectivity index (χ4v) is 2.51. The summed E-state index contributed by atoms with van der Waals surface area (Å²) < 4.78 is 36.1. The largest absolute Gasteiger partial charge is 0.507 e. The minimum Gasteiger partial charge on any atom is -0.507 e. The van der Waals surface area contributed by atoms with Crippen molar-refractivity contribution in [3.05, 3.63) is 53.1 Å². The number of esters is 1. The van der Waals surface area contributed by atoms with E-state index >= 15 is 0 Å². The van der Waals surface area contributed by atoms with Crippen molar-refractivity contribution in [1.82, 2.24) is 0 Å². The van der Waals surface area contributed by atoms with E-state index in [-0.39, 0.29) is 16.9 Å². The lowest BCUT2D eigenvalue weighted by Crippen LogP contribution is -2.13. The number of ketones is 1. The van der Waals surface area contributed by atoms with Gasteiger partial charge in [0.25, 0.3) is 10.1 Å². The van der Waals surface area contributed by atoms with E-state index in [4.69, 9.17) is 14.4 Å². The Hall–Kier alpha value is -3.24. The van der Waals surface area contributed by atoms with Gasteiger partial charge in [0.2, 0.25) is 0 Å². The Morgan fingerprint density at radius 1 is 1.00 bits per heavy atom. The van der Waals surface area contributed by atoms with Crippen molar-refractivity contribution in [2.45, 2.75) is 11.8 Å². The number of aromatic hydroxyl groups is 1. The van der Waals surface area contributed by atoms with Crippen molar-refractivity contribution in [2.24, 2.45) is 0 Å². The third-order valence-electron chi connectivity index (χ3n) is 3.30. The fourth-order valence-electron chi connectivity index (χ4n) is 2.00. The quantitative estimate of drug-likeness (QED) is 0.304. The average Bonchev–Trinajstić information content (AvgIpc) is 2.53. The first-order chi connectivity index (χ1) is 12.0. The summed E-state index contributed by atoms with van der Waals surface area (Å²) >= 11 is 0. The summed E-state index contributed by atoms with van der Waals surface area (Å²) in [6.07, 6.45) is 0. The number of carboxylic acids is 1. The second-order valence-corrected chi connectivity index (χ2v) is 6.54. The van der Waals surface area contributed by atoms with Crippen molar-refractivity contribution in [3.8, 4) is 11.5 Å². The van der Waals surface area contributed by atoms with Crippen LogP contribution in [0.3, 0.4) is 0 Å². The molecule has 2 aromatic rings. The number of hydrogen-bond donors (Lipinski definition) is 3. The number of hydrogen-bond acceptors (Lipinski definition) is 7. The van der Waals surface area contributed by atoms with Gasteiger partial charge < -0.3 is 14.9 Å². The lowest BCUT2D eigenvalue weighted by atomic mass is 10.1. The Bertz CT molecular complexity index is 1020. The number of carbonyl (C=O) groups is 3. The van der Waals surface area contributed by atoms with Crippen LogP contribution in [0.4, 0.5) is 0 Å². The van der Waals surface area contributed by atoms with Crippen LogP contribution in [0.1, 0.15) is 38.0 Å². The van der Waals surface area contributed by atoms with E-state index in [0.717, 1.165) is 24.3 Å². The topological polar surface area (TPSA) is 155 Å². The monoisotopic (exact) mass is 380 g/mol. The minimum absolute atomic E-state index is 0.120. The van der Waals surface area contributed by atoms with Gasteiger partial charge in [-0.25, -0.2) is 9.59 Å². The van der Waals surface area contributed by atoms with Gasteiger partial charge in [0.15, 0.2) is 5.78 Å². The van der Waals surface area contributed by atoms with E-state index in [9.17, 15) is 27.9 Å². The zero-order valence-electron chi connectivity index (χ0n) is 13.2. The summed E-state index contributed by atoms with van der Waals surface area (Å²) in [7, 11) is -4.66. The first-order valence-electron chi connectivity index (χ1n) is 6.91. The molecular formula is C16H12O9S. The van der Waals surface area contributed by atoms with Gasteiger partial charge >= 0.3 is 11.9 Å². The molecule has 0 atom stereocenters. The van der Waals surface area contributed by atoms with E-state index in [2.05, 4.69) is 0 Å². The van der Waals surface area contributed by atoms with Gasteiger partial charge in [-0.2, -0.15) is 8.42 Å². The van der Waals surface area contributed by atoms with Gasteiger partial charge in [-0.3, -0.25) is 9.35 Å². The van der Waals surface area contributed by atoms with Gasteiger partial charge in [0, 0.05) is 5.56 Å². The number of Topliss-reactive ketones (excluding diaryl/α,β-unsaturated/α-hetero) is 1. The number of ether oxygens (including phenoxy) is 1. The molecule has 26 heavy (non-hydrogen) atoms. The van der Waals surface area contributed by atoms with Crippen LogP contribution in [0, 0.1) is 0 Å². The lowest BCUT2D eigenvalue weighted by molar-refractivity contribution is 0.0680. The normalized spacial score (nSPS) is 11.0. The highest BCUT2D eigenvalue weighted by molar-refractivity contribution is 7.85. The summed E-state index contributed by atoms with van der Waals surface area (Å²) in [5, 5.41) is 18.9. The molecule has 0 aromatic heterocycles. The number of phenolic OH excluding ortho intramolecular Hbond substituents is 1. The van der Waals surface area contributed by atoms with Crippen molar-refractivity contribution in [2.75, 3.05) is 0 Å². The first kappa shape index (κ1) is 19.1. The molecule has 0 aliphatic rings. The Morgan fingerprint density at radius 2 is 1.65 bits per heavy atom. The maximum atomic E-state index is 12.2. The van der Waals surface area contributed by atoms with Gasteiger partial charge in [-0.05, 0) is 43.3 Å². The number of carbonyl (C=O) groups excluding carboxylic acids is 2. The number of carboxylic acid groups (broad SMARTS) is 1. The zero-order chi connectivity index (χ0) is 19.6. The molecular weight excluding hydrogens is 368 g/mol. The molecule has 136 valence electrons. The SMILES string of the molecule is CC(=O)c1ccc(O)c(C(=O)Oc2ccc(S(=O)(=O)O)cc2C(=O)O)c1. The second kappa shape index (κ2) is 6.94. The van der Waals surface area contributed by atoms with Crippen LogP contribution in [-0.2, 0) is 10.1 Å². The van der Waals surface area contributed by atoms with Gasteiger partial charge in [-0.15, -0.1) is 0 Å². The highest BCUT2D eigenvalue weighted by atomic mass is 32.2. The molecule has 0 aliphatic carbocycles. The van der Waals surface area contributed by atoms with Crippen molar-refractivity contribution in [1.29, 1.82) is 0 Å². The van der Waals surface area contributed by atoms with Crippen LogP contribution >= 0.6 is 0 Å². The molecule has 9 nitrogen and oxygen atoms in total. The van der Waals surface area contributed by atoms with Crippen LogP contribution in [0.25, 0.3) is 0 Å². The van der Waals surface area contributed by atoms with E-state index in [1.54, 1.807) is 0 Å². The highest BCUT2D eigenvalue weighted by Gasteiger charge is 2.22. The molecule has 0 radical (unpaired) electrons. The molecule has 0 saturated carbocycles. The summed E-state index contributed by atoms with van der Waals surface area (Å²) in [5.74, 6) is -4.15. The molecule has 0 fully saturated rings. The van der Waals surface area contributed by atoms with E-state index in [0.29, 0.717) is 6.07 Å². The number of phenols is 1. The predicted octanol–water partition coefficient (Wildman–Crippen LogP) is 1.76. The van der Waals surface area contributed by atoms with Gasteiger partial charge in [0.05, 0.1) is 4.90 Å². The average molecular weight is 380 g/mol. The van der Waals surface area contributed by atoms with E-state index < -0.39 is 44.0 Å². The number of benzene rings is 2. The van der Waals surface area contributed by atoms with Crippen molar-refractivity contribution >= 4 is 27.8 Å². The first-order valence-corrected chi connectivity index (χ1v) is 8.35. The standard InChI is InChI=1S/C16H12O9S/c1-8(17)9-2-4-13(18)11(6-9)16(21)25-14-5-3-10(26(22,23)24)7-12(14)15(19)20/h2-7,18H,1H3,(H,19,20)(H,22,23,24). The number of aromatic carboxylic acids is 1. The molecule has 0 aliphatic heterocycles. The molecule has 0 amide bonds. The molecule has 0 saturated heterocycles. The van der Waals surface area contributed by atoms with Crippen LogP contribution < -0.4 is 4.74 Å². The summed E-state index contributed by atoms with van der Waals surface area (Å²) in [6.45, 7) is 1.25. The third-order valence-corrected chi connectivity index (χ3v) is 4.15. The molecule has 10 heteroatoms. The molecule has 0 heterocycles. The van der Waals surface area contributed by atoms with Crippen LogP contribution in [0.2, 0.25) is 0 Å². The van der Waals surface area contributed by atoms with Gasteiger partial charge in [0.1, 0.15) is 22.6 Å². The second-order valence-electron chi connectivity index (χ2n) is 5.12. The van der Waals surface area contributed by atoms with Crippen LogP contribution in [0.15, 0.2) is 41.3 Å². The summed E-state index contributed by atoms with van der Waals surface area (Å²) in [4.78, 5) is 34.2. The van der Waals surface area contributed by atoms with Gasteiger partial charge in [-0.1, -0.05) is 0 Å². The molecule has 0 bridgehead atoms. The van der Waals surface area contributed by atoms with Crippen molar-refractivity contribution in [3.63, 3.8) is 0 Å². The molecule has 2 aromatic carbocycles. The molecule has 0 spiro atoms. The summed E-state index contributed by atoms with van der Waals surface area (Å²) in [6, 6.07) is 5.80. The summed E-state index contributed by atoms with van der Waals surface area (Å²) in [5.41, 5.74) is -0.960. The fraction of sp³-hybridized carbons (Fsp3) is 0.0625.